The first-order chi connectivity index (χ1) is 17.8. The van der Waals surface area contributed by atoms with E-state index in [4.69, 9.17) is 16.3 Å². The van der Waals surface area contributed by atoms with Gasteiger partial charge in [-0.1, -0.05) is 54.6 Å². The molecule has 0 saturated heterocycles. The summed E-state index contributed by atoms with van der Waals surface area (Å²) in [6.45, 7) is 8.21. The summed E-state index contributed by atoms with van der Waals surface area (Å²) < 4.78 is 6.93. The van der Waals surface area contributed by atoms with Crippen molar-refractivity contribution in [2.45, 2.75) is 38.0 Å². The quantitative estimate of drug-likeness (QED) is 0.190. The first-order valence-corrected chi connectivity index (χ1v) is 13.0. The molecule has 0 spiro atoms. The van der Waals surface area contributed by atoms with E-state index in [0.29, 0.717) is 46.0 Å². The van der Waals surface area contributed by atoms with Crippen LogP contribution in [-0.4, -0.2) is 44.9 Å². The molecule has 2 amide bonds. The van der Waals surface area contributed by atoms with E-state index in [0.717, 1.165) is 6.42 Å². The highest BCUT2D eigenvalue weighted by atomic mass is 35.5. The standard InChI is InChI=1S/C26H28ClN5O4S/c1-4-13-32-23(17(3)28-24(34)20-11-6-7-12-21(20)27)30-31-26(32)37-16-22(33)29-19-10-8-9-18(15-19)25(35)36-14-5-2/h4,6-12,15,17H,1,5,13-14,16H2,2-3H3,(H,28,34)(H,29,33)/t17-/m0/s1. The van der Waals surface area contributed by atoms with E-state index in [1.54, 1.807) is 66.1 Å². The Balaban J connectivity index is 1.64. The minimum atomic E-state index is -0.477. The summed E-state index contributed by atoms with van der Waals surface area (Å²) in [5.41, 5.74) is 1.21. The highest BCUT2D eigenvalue weighted by Gasteiger charge is 2.21. The summed E-state index contributed by atoms with van der Waals surface area (Å²) in [5.74, 6) is -0.478. The van der Waals surface area contributed by atoms with Gasteiger partial charge in [-0.15, -0.1) is 16.8 Å². The third kappa shape index (κ3) is 7.68. The second-order valence-electron chi connectivity index (χ2n) is 7.97. The molecule has 2 N–H and O–H groups in total. The molecule has 1 atom stereocenters. The summed E-state index contributed by atoms with van der Waals surface area (Å²) in [5, 5.41) is 15.0. The number of esters is 1. The summed E-state index contributed by atoms with van der Waals surface area (Å²) >= 11 is 7.33. The minimum absolute atomic E-state index is 0.0557. The Bertz CT molecular complexity index is 1280. The number of carbonyl (C=O) groups is 3. The number of aromatic nitrogens is 3. The minimum Gasteiger partial charge on any atom is -0.462 e. The molecule has 1 heterocycles. The summed E-state index contributed by atoms with van der Waals surface area (Å²) in [6.07, 6.45) is 2.41. The molecule has 0 aliphatic rings. The van der Waals surface area contributed by atoms with Gasteiger partial charge in [0.05, 0.1) is 34.6 Å². The molecule has 0 radical (unpaired) electrons. The number of hydrogen-bond donors (Lipinski definition) is 2. The fourth-order valence-electron chi connectivity index (χ4n) is 3.34. The Morgan fingerprint density at radius 2 is 1.97 bits per heavy atom. The number of thioether (sulfide) groups is 1. The van der Waals surface area contributed by atoms with Crippen molar-refractivity contribution >= 4 is 46.8 Å². The highest BCUT2D eigenvalue weighted by molar-refractivity contribution is 7.99. The predicted octanol–water partition coefficient (Wildman–Crippen LogP) is 4.91. The largest absolute Gasteiger partial charge is 0.462 e. The summed E-state index contributed by atoms with van der Waals surface area (Å²) in [6, 6.07) is 12.9. The lowest BCUT2D eigenvalue weighted by atomic mass is 10.2. The fourth-order valence-corrected chi connectivity index (χ4v) is 4.32. The number of hydrogen-bond acceptors (Lipinski definition) is 7. The Labute approximate surface area is 224 Å². The molecule has 0 saturated carbocycles. The van der Waals surface area contributed by atoms with Gasteiger partial charge in [0.2, 0.25) is 5.91 Å². The molecule has 0 fully saturated rings. The topological polar surface area (TPSA) is 115 Å². The van der Waals surface area contributed by atoms with E-state index in [-0.39, 0.29) is 17.6 Å². The third-order valence-electron chi connectivity index (χ3n) is 5.06. The zero-order valence-corrected chi connectivity index (χ0v) is 22.1. The molecular weight excluding hydrogens is 514 g/mol. The number of halogens is 1. The van der Waals surface area contributed by atoms with Crippen LogP contribution >= 0.6 is 23.4 Å². The zero-order chi connectivity index (χ0) is 26.8. The average molecular weight is 542 g/mol. The number of ether oxygens (including phenoxy) is 1. The van der Waals surface area contributed by atoms with Crippen molar-refractivity contribution in [3.8, 4) is 0 Å². The maximum absolute atomic E-state index is 12.7. The average Bonchev–Trinajstić information content (AvgIpc) is 3.29. The molecule has 3 aromatic rings. The number of benzene rings is 2. The van der Waals surface area contributed by atoms with Gasteiger partial charge < -0.3 is 19.9 Å². The summed E-state index contributed by atoms with van der Waals surface area (Å²) in [4.78, 5) is 37.3. The smallest absolute Gasteiger partial charge is 0.338 e. The van der Waals surface area contributed by atoms with Gasteiger partial charge in [0, 0.05) is 12.2 Å². The maximum Gasteiger partial charge on any atom is 0.338 e. The molecule has 194 valence electrons. The van der Waals surface area contributed by atoms with Crippen molar-refractivity contribution in [1.82, 2.24) is 20.1 Å². The lowest BCUT2D eigenvalue weighted by Gasteiger charge is -2.15. The van der Waals surface area contributed by atoms with Crippen molar-refractivity contribution in [2.24, 2.45) is 0 Å². The number of anilines is 1. The number of rotatable bonds is 12. The predicted molar refractivity (Wildman–Crippen MR) is 144 cm³/mol. The van der Waals surface area contributed by atoms with Crippen LogP contribution in [0, 0.1) is 0 Å². The van der Waals surface area contributed by atoms with Crippen LogP contribution in [0.2, 0.25) is 5.02 Å². The first kappa shape index (κ1) is 27.9. The number of amides is 2. The van der Waals surface area contributed by atoms with Gasteiger partial charge >= 0.3 is 5.97 Å². The molecule has 0 aliphatic carbocycles. The monoisotopic (exact) mass is 541 g/mol. The van der Waals surface area contributed by atoms with Crippen LogP contribution in [0.25, 0.3) is 0 Å². The van der Waals surface area contributed by atoms with Crippen LogP contribution in [-0.2, 0) is 16.1 Å². The molecule has 1 aromatic heterocycles. The molecule has 3 rings (SSSR count). The van der Waals surface area contributed by atoms with Gasteiger partial charge in [-0.05, 0) is 43.7 Å². The fraction of sp³-hybridized carbons (Fsp3) is 0.269. The van der Waals surface area contributed by atoms with Crippen molar-refractivity contribution in [1.29, 1.82) is 0 Å². The SMILES string of the molecule is C=CCn1c(SCC(=O)Nc2cccc(C(=O)OCCC)c2)nnc1[C@H](C)NC(=O)c1ccccc1Cl. The van der Waals surface area contributed by atoms with E-state index in [9.17, 15) is 14.4 Å². The highest BCUT2D eigenvalue weighted by Crippen LogP contribution is 2.22. The Morgan fingerprint density at radius 1 is 1.19 bits per heavy atom. The number of carbonyl (C=O) groups excluding carboxylic acids is 3. The molecule has 9 nitrogen and oxygen atoms in total. The van der Waals surface area contributed by atoms with E-state index in [1.165, 1.54) is 11.8 Å². The van der Waals surface area contributed by atoms with Gasteiger partial charge in [-0.25, -0.2) is 4.79 Å². The van der Waals surface area contributed by atoms with Crippen LogP contribution in [0.4, 0.5) is 5.69 Å². The lowest BCUT2D eigenvalue weighted by molar-refractivity contribution is -0.113. The van der Waals surface area contributed by atoms with Gasteiger partial charge in [-0.3, -0.25) is 9.59 Å². The molecule has 0 unspecified atom stereocenters. The van der Waals surface area contributed by atoms with Crippen molar-refractivity contribution in [3.05, 3.63) is 83.2 Å². The van der Waals surface area contributed by atoms with Crippen molar-refractivity contribution in [3.63, 3.8) is 0 Å². The van der Waals surface area contributed by atoms with Gasteiger partial charge in [-0.2, -0.15) is 0 Å². The molecule has 2 aromatic carbocycles. The second kappa shape index (κ2) is 13.6. The second-order valence-corrected chi connectivity index (χ2v) is 9.32. The molecule has 11 heteroatoms. The van der Waals surface area contributed by atoms with Gasteiger partial charge in [0.1, 0.15) is 0 Å². The molecular formula is C26H28ClN5O4S. The Morgan fingerprint density at radius 3 is 2.70 bits per heavy atom. The van der Waals surface area contributed by atoms with E-state index < -0.39 is 12.0 Å². The Kier molecular flexibility index (Phi) is 10.3. The maximum atomic E-state index is 12.7. The normalized spacial score (nSPS) is 11.4. The van der Waals surface area contributed by atoms with Crippen LogP contribution < -0.4 is 10.6 Å². The van der Waals surface area contributed by atoms with E-state index in [1.807, 2.05) is 6.92 Å². The summed E-state index contributed by atoms with van der Waals surface area (Å²) in [7, 11) is 0. The van der Waals surface area contributed by atoms with E-state index >= 15 is 0 Å². The molecule has 0 aliphatic heterocycles. The van der Waals surface area contributed by atoms with Crippen LogP contribution in [0.3, 0.4) is 0 Å². The van der Waals surface area contributed by atoms with E-state index in [2.05, 4.69) is 27.4 Å². The van der Waals surface area contributed by atoms with Crippen molar-refractivity contribution in [2.75, 3.05) is 17.7 Å². The Hall–Kier alpha value is -3.63. The number of nitrogens with zero attached hydrogens (tertiary/aromatic N) is 3. The molecule has 0 bridgehead atoms. The lowest BCUT2D eigenvalue weighted by Crippen LogP contribution is -2.29. The zero-order valence-electron chi connectivity index (χ0n) is 20.6. The van der Waals surface area contributed by atoms with Crippen LogP contribution in [0.1, 0.15) is 52.9 Å². The third-order valence-corrected chi connectivity index (χ3v) is 6.36. The van der Waals surface area contributed by atoms with Crippen molar-refractivity contribution < 1.29 is 19.1 Å². The number of nitrogens with one attached hydrogen (secondary N) is 2. The first-order valence-electron chi connectivity index (χ1n) is 11.6. The number of allylic oxidation sites excluding steroid dienone is 1. The van der Waals surface area contributed by atoms with Gasteiger partial charge in [0.15, 0.2) is 11.0 Å². The molecule has 37 heavy (non-hydrogen) atoms. The van der Waals surface area contributed by atoms with Crippen LogP contribution in [0.15, 0.2) is 66.3 Å². The van der Waals surface area contributed by atoms with Gasteiger partial charge in [0.25, 0.3) is 5.91 Å². The van der Waals surface area contributed by atoms with Crippen LogP contribution in [0.5, 0.6) is 0 Å².